The van der Waals surface area contributed by atoms with Crippen LogP contribution in [0, 0.1) is 0 Å². The van der Waals surface area contributed by atoms with Crippen LogP contribution < -0.4 is 4.74 Å². The zero-order valence-electron chi connectivity index (χ0n) is 15.2. The second-order valence-electron chi connectivity index (χ2n) is 7.27. The van der Waals surface area contributed by atoms with Crippen LogP contribution >= 0.6 is 11.6 Å². The van der Waals surface area contributed by atoms with Crippen molar-refractivity contribution in [2.24, 2.45) is 0 Å². The number of benzene rings is 1. The molecule has 4 N–H and O–H groups in total. The molecular weight excluding hydrogens is 396 g/mol. The average Bonchev–Trinajstić information content (AvgIpc) is 2.63. The Balaban J connectivity index is 1.61. The molecule has 3 fully saturated rings. The first-order chi connectivity index (χ1) is 13.4. The number of aliphatic hydroxyl groups is 4. The molecule has 2 aliphatic heterocycles. The normalized spacial score (nSPS) is 39.3. The molecule has 28 heavy (non-hydrogen) atoms. The minimum absolute atomic E-state index is 0.157. The maximum absolute atomic E-state index is 10.2. The zero-order chi connectivity index (χ0) is 20.1. The van der Waals surface area contributed by atoms with Crippen LogP contribution in [-0.2, 0) is 25.0 Å². The van der Waals surface area contributed by atoms with E-state index in [1.807, 2.05) is 0 Å². The molecule has 2 saturated heterocycles. The third kappa shape index (κ3) is 2.78. The van der Waals surface area contributed by atoms with E-state index in [9.17, 15) is 20.4 Å². The Kier molecular flexibility index (Phi) is 5.32. The van der Waals surface area contributed by atoms with Gasteiger partial charge >= 0.3 is 0 Å². The second-order valence-corrected chi connectivity index (χ2v) is 7.65. The van der Waals surface area contributed by atoms with Crippen LogP contribution in [0.3, 0.4) is 0 Å². The number of methoxy groups -OCH3 is 1. The van der Waals surface area contributed by atoms with Crippen molar-refractivity contribution < 1.29 is 44.4 Å². The predicted octanol–water partition coefficient (Wildman–Crippen LogP) is 0.202. The minimum atomic E-state index is -1.55. The molecule has 1 spiro atoms. The van der Waals surface area contributed by atoms with E-state index in [1.54, 1.807) is 18.2 Å². The van der Waals surface area contributed by atoms with Gasteiger partial charge in [0.1, 0.15) is 30.2 Å². The topological polar surface area (TPSA) is 127 Å². The summed E-state index contributed by atoms with van der Waals surface area (Å²) in [5.74, 6) is -1.01. The first-order valence-electron chi connectivity index (χ1n) is 9.07. The third-order valence-corrected chi connectivity index (χ3v) is 6.17. The molecule has 9 nitrogen and oxygen atoms in total. The summed E-state index contributed by atoms with van der Waals surface area (Å²) in [7, 11) is 1.50. The van der Waals surface area contributed by atoms with Crippen molar-refractivity contribution in [2.75, 3.05) is 13.7 Å². The molecule has 156 valence electrons. The molecule has 0 bridgehead atoms. The van der Waals surface area contributed by atoms with Gasteiger partial charge in [0.25, 0.3) is 5.79 Å². The molecular formula is C18H23ClO9. The first kappa shape index (κ1) is 20.3. The fraction of sp³-hybridized carbons (Fsp3) is 0.667. The molecule has 6 atom stereocenters. The van der Waals surface area contributed by atoms with Crippen LogP contribution in [0.1, 0.15) is 24.8 Å². The average molecular weight is 419 g/mol. The van der Waals surface area contributed by atoms with Gasteiger partial charge in [-0.25, -0.2) is 4.89 Å². The molecule has 3 aliphatic rings. The lowest BCUT2D eigenvalue weighted by Crippen LogP contribution is -2.69. The minimum Gasteiger partial charge on any atom is -0.460 e. The van der Waals surface area contributed by atoms with Gasteiger partial charge in [0.2, 0.25) is 6.29 Å². The number of hydrogen-bond donors (Lipinski definition) is 4. The van der Waals surface area contributed by atoms with Gasteiger partial charge in [0, 0.05) is 12.7 Å². The first-order valence-corrected chi connectivity index (χ1v) is 9.45. The highest BCUT2D eigenvalue weighted by molar-refractivity contribution is 6.33. The Hall–Kier alpha value is -1.01. The smallest absolute Gasteiger partial charge is 0.261 e. The Morgan fingerprint density at radius 2 is 1.89 bits per heavy atom. The fourth-order valence-corrected chi connectivity index (χ4v) is 4.21. The van der Waals surface area contributed by atoms with Crippen LogP contribution in [0.5, 0.6) is 5.75 Å². The summed E-state index contributed by atoms with van der Waals surface area (Å²) in [6, 6.07) is 4.97. The molecule has 6 unspecified atom stereocenters. The Morgan fingerprint density at radius 3 is 2.43 bits per heavy atom. The molecule has 4 rings (SSSR count). The molecule has 1 saturated carbocycles. The Morgan fingerprint density at radius 1 is 1.14 bits per heavy atom. The maximum atomic E-state index is 10.2. The number of halogens is 1. The van der Waals surface area contributed by atoms with E-state index in [-0.39, 0.29) is 10.8 Å². The maximum Gasteiger partial charge on any atom is 0.261 e. The zero-order valence-corrected chi connectivity index (χ0v) is 15.9. The van der Waals surface area contributed by atoms with E-state index in [0.29, 0.717) is 5.56 Å². The second kappa shape index (κ2) is 7.35. The van der Waals surface area contributed by atoms with Gasteiger partial charge in [-0.1, -0.05) is 23.7 Å². The molecule has 1 aromatic carbocycles. The number of hydrogen-bond acceptors (Lipinski definition) is 9. The Bertz CT molecular complexity index is 715. The van der Waals surface area contributed by atoms with E-state index >= 15 is 0 Å². The van der Waals surface area contributed by atoms with Gasteiger partial charge in [-0.3, -0.25) is 0 Å². The van der Waals surface area contributed by atoms with Crippen LogP contribution in [-0.4, -0.2) is 70.4 Å². The van der Waals surface area contributed by atoms with E-state index in [2.05, 4.69) is 0 Å². The molecule has 10 heteroatoms. The van der Waals surface area contributed by atoms with E-state index in [4.69, 9.17) is 35.6 Å². The van der Waals surface area contributed by atoms with Crippen molar-refractivity contribution in [3.63, 3.8) is 0 Å². The monoisotopic (exact) mass is 418 g/mol. The van der Waals surface area contributed by atoms with Crippen molar-refractivity contribution in [3.05, 3.63) is 28.8 Å². The van der Waals surface area contributed by atoms with Crippen molar-refractivity contribution in [1.82, 2.24) is 0 Å². The molecule has 1 aliphatic carbocycles. The summed E-state index contributed by atoms with van der Waals surface area (Å²) in [6.45, 7) is -0.556. The van der Waals surface area contributed by atoms with Gasteiger partial charge in [0.15, 0.2) is 5.60 Å². The standard InChI is InChI=1S/C18H23ClO9/c1-24-18(17(27-28-18)6-3-7-17)9-4-2-5-10(12(9)19)25-16-15(23)14(22)13(21)11(8-20)26-16/h2,4-5,11,13-16,20-23H,3,6-8H2,1H3. The quantitative estimate of drug-likeness (QED) is 0.496. The van der Waals surface area contributed by atoms with Crippen molar-refractivity contribution >= 4 is 11.6 Å². The lowest BCUT2D eigenvalue weighted by Gasteiger charge is -2.59. The third-order valence-electron chi connectivity index (χ3n) is 5.78. The molecule has 0 aromatic heterocycles. The van der Waals surface area contributed by atoms with Gasteiger partial charge in [0.05, 0.1) is 11.6 Å². The van der Waals surface area contributed by atoms with Crippen molar-refractivity contribution in [3.8, 4) is 5.75 Å². The fourth-order valence-electron chi connectivity index (χ4n) is 3.91. The highest BCUT2D eigenvalue weighted by Gasteiger charge is 2.69. The predicted molar refractivity (Wildman–Crippen MR) is 93.3 cm³/mol. The molecule has 2 heterocycles. The molecule has 1 aromatic rings. The van der Waals surface area contributed by atoms with Crippen molar-refractivity contribution in [1.29, 1.82) is 0 Å². The molecule has 0 radical (unpaired) electrons. The van der Waals surface area contributed by atoms with Gasteiger partial charge in [-0.05, 0) is 25.3 Å². The van der Waals surface area contributed by atoms with Gasteiger partial charge < -0.3 is 34.6 Å². The highest BCUT2D eigenvalue weighted by Crippen LogP contribution is 2.60. The largest absolute Gasteiger partial charge is 0.460 e. The summed E-state index contributed by atoms with van der Waals surface area (Å²) in [4.78, 5) is 10.7. The number of ether oxygens (including phenoxy) is 3. The van der Waals surface area contributed by atoms with E-state index in [1.165, 1.54) is 7.11 Å². The van der Waals surface area contributed by atoms with Crippen LogP contribution in [0.2, 0.25) is 5.02 Å². The highest BCUT2D eigenvalue weighted by atomic mass is 35.5. The number of aliphatic hydroxyl groups excluding tert-OH is 4. The number of rotatable bonds is 5. The summed E-state index contributed by atoms with van der Waals surface area (Å²) in [5, 5.41) is 39.5. The Labute approximate surface area is 166 Å². The van der Waals surface area contributed by atoms with E-state index < -0.39 is 48.7 Å². The van der Waals surface area contributed by atoms with Crippen LogP contribution in [0.4, 0.5) is 0 Å². The van der Waals surface area contributed by atoms with Crippen LogP contribution in [0.15, 0.2) is 18.2 Å². The van der Waals surface area contributed by atoms with Crippen molar-refractivity contribution in [2.45, 2.75) is 61.4 Å². The lowest BCUT2D eigenvalue weighted by molar-refractivity contribution is -0.631. The van der Waals surface area contributed by atoms with Gasteiger partial charge in [-0.2, -0.15) is 4.89 Å². The molecule has 0 amide bonds. The van der Waals surface area contributed by atoms with Crippen LogP contribution in [0.25, 0.3) is 0 Å². The van der Waals surface area contributed by atoms with Gasteiger partial charge in [-0.15, -0.1) is 0 Å². The summed E-state index contributed by atoms with van der Waals surface area (Å²) in [6.07, 6.45) is -4.51. The summed E-state index contributed by atoms with van der Waals surface area (Å²) in [5.41, 5.74) is -0.0997. The summed E-state index contributed by atoms with van der Waals surface area (Å²) >= 11 is 6.56. The lowest BCUT2D eigenvalue weighted by atomic mass is 9.70. The SMILES string of the molecule is COC1(c2cccc(OC3OC(CO)C(O)C(O)C3O)c2Cl)OOC12CCC2. The van der Waals surface area contributed by atoms with E-state index in [0.717, 1.165) is 19.3 Å². The summed E-state index contributed by atoms with van der Waals surface area (Å²) < 4.78 is 16.7.